The van der Waals surface area contributed by atoms with Gasteiger partial charge < -0.3 is 9.64 Å². The lowest BCUT2D eigenvalue weighted by Crippen LogP contribution is -2.49. The fourth-order valence-corrected chi connectivity index (χ4v) is 2.36. The fourth-order valence-electron chi connectivity index (χ4n) is 2.36. The molecule has 2 heterocycles. The first-order chi connectivity index (χ1) is 9.99. The molecule has 0 aliphatic carbocycles. The Kier molecular flexibility index (Phi) is 4.64. The molecule has 1 saturated heterocycles. The molecule has 0 bridgehead atoms. The van der Waals surface area contributed by atoms with E-state index in [0.717, 1.165) is 12.4 Å². The summed E-state index contributed by atoms with van der Waals surface area (Å²) >= 11 is 0. The van der Waals surface area contributed by atoms with Crippen LogP contribution in [0.25, 0.3) is 0 Å². The van der Waals surface area contributed by atoms with Crippen LogP contribution < -0.4 is 4.90 Å². The molecule has 0 saturated carbocycles. The lowest BCUT2D eigenvalue weighted by Gasteiger charge is -2.39. The van der Waals surface area contributed by atoms with Crippen molar-refractivity contribution < 1.29 is 22.7 Å². The number of esters is 1. The summed E-state index contributed by atoms with van der Waals surface area (Å²) in [6.07, 6.45) is -0.854. The second-order valence-electron chi connectivity index (χ2n) is 4.87. The highest BCUT2D eigenvalue weighted by molar-refractivity contribution is 5.77. The number of alkyl halides is 2. The Labute approximate surface area is 120 Å². The number of carbonyl (C=O) groups is 1. The van der Waals surface area contributed by atoms with Crippen molar-refractivity contribution in [2.45, 2.75) is 26.2 Å². The molecule has 8 heteroatoms. The van der Waals surface area contributed by atoms with E-state index in [-0.39, 0.29) is 38.5 Å². The molecular weight excluding hydrogens is 287 g/mol. The Hall–Kier alpha value is -1.86. The zero-order chi connectivity index (χ0) is 15.5. The molecule has 0 radical (unpaired) electrons. The maximum absolute atomic E-state index is 13.3. The molecule has 0 aromatic carbocycles. The summed E-state index contributed by atoms with van der Waals surface area (Å²) in [5.41, 5.74) is -1.77. The number of carbonyl (C=O) groups excluding carboxylic acids is 1. The van der Waals surface area contributed by atoms with Crippen molar-refractivity contribution in [3.05, 3.63) is 18.2 Å². The third-order valence-corrected chi connectivity index (χ3v) is 3.64. The molecule has 21 heavy (non-hydrogen) atoms. The van der Waals surface area contributed by atoms with E-state index in [4.69, 9.17) is 4.74 Å². The molecule has 0 unspecified atom stereocenters. The van der Waals surface area contributed by atoms with Gasteiger partial charge in [-0.25, -0.2) is 23.1 Å². The number of rotatable bonds is 4. The zero-order valence-electron chi connectivity index (χ0n) is 11.6. The van der Waals surface area contributed by atoms with Crippen LogP contribution in [0.1, 0.15) is 19.8 Å². The largest absolute Gasteiger partial charge is 0.465 e. The van der Waals surface area contributed by atoms with Gasteiger partial charge in [0.05, 0.1) is 19.0 Å². The second-order valence-corrected chi connectivity index (χ2v) is 4.87. The van der Waals surface area contributed by atoms with E-state index in [0.29, 0.717) is 0 Å². The van der Waals surface area contributed by atoms with E-state index in [1.54, 1.807) is 11.8 Å². The van der Waals surface area contributed by atoms with Crippen LogP contribution in [0.2, 0.25) is 0 Å². The topological polar surface area (TPSA) is 55.3 Å². The summed E-state index contributed by atoms with van der Waals surface area (Å²) in [5, 5.41) is 0. The van der Waals surface area contributed by atoms with Gasteiger partial charge in [0.25, 0.3) is 6.43 Å². The minimum absolute atomic E-state index is 0.0514. The summed E-state index contributed by atoms with van der Waals surface area (Å²) < 4.78 is 44.2. The first-order valence-electron chi connectivity index (χ1n) is 6.67. The smallest absolute Gasteiger partial charge is 0.318 e. The van der Waals surface area contributed by atoms with E-state index in [9.17, 15) is 18.0 Å². The summed E-state index contributed by atoms with van der Waals surface area (Å²) in [6, 6.07) is 0. The van der Waals surface area contributed by atoms with E-state index in [1.807, 2.05) is 0 Å². The van der Waals surface area contributed by atoms with Gasteiger partial charge in [0.1, 0.15) is 5.41 Å². The van der Waals surface area contributed by atoms with Crippen molar-refractivity contribution in [2.75, 3.05) is 24.6 Å². The van der Waals surface area contributed by atoms with E-state index < -0.39 is 23.6 Å². The number of halogens is 3. The molecule has 2 rings (SSSR count). The first-order valence-corrected chi connectivity index (χ1v) is 6.67. The maximum Gasteiger partial charge on any atom is 0.318 e. The summed E-state index contributed by atoms with van der Waals surface area (Å²) in [4.78, 5) is 21.1. The lowest BCUT2D eigenvalue weighted by molar-refractivity contribution is -0.168. The third kappa shape index (κ3) is 3.08. The highest BCUT2D eigenvalue weighted by atomic mass is 19.3. The van der Waals surface area contributed by atoms with Crippen LogP contribution in [-0.2, 0) is 9.53 Å². The molecule has 1 aromatic heterocycles. The second kappa shape index (κ2) is 6.28. The predicted molar refractivity (Wildman–Crippen MR) is 68.5 cm³/mol. The number of piperidine rings is 1. The van der Waals surface area contributed by atoms with Gasteiger partial charge in [0, 0.05) is 13.1 Å². The van der Waals surface area contributed by atoms with E-state index >= 15 is 0 Å². The number of ether oxygens (including phenoxy) is 1. The predicted octanol–water partition coefficient (Wildman–Crippen LogP) is 2.03. The lowest BCUT2D eigenvalue weighted by atomic mass is 9.78. The minimum atomic E-state index is -2.78. The Morgan fingerprint density at radius 3 is 2.43 bits per heavy atom. The van der Waals surface area contributed by atoms with Gasteiger partial charge in [-0.2, -0.15) is 0 Å². The summed E-state index contributed by atoms with van der Waals surface area (Å²) in [5.74, 6) is -1.16. The average molecular weight is 303 g/mol. The van der Waals surface area contributed by atoms with Crippen LogP contribution in [0, 0.1) is 11.2 Å². The number of anilines is 1. The molecular formula is C13H16F3N3O2. The maximum atomic E-state index is 13.3. The molecule has 0 amide bonds. The van der Waals surface area contributed by atoms with E-state index in [2.05, 4.69) is 9.97 Å². The van der Waals surface area contributed by atoms with Crippen molar-refractivity contribution in [2.24, 2.45) is 5.41 Å². The third-order valence-electron chi connectivity index (χ3n) is 3.64. The van der Waals surface area contributed by atoms with Crippen LogP contribution in [0.4, 0.5) is 19.1 Å². The van der Waals surface area contributed by atoms with Crippen molar-refractivity contribution in [3.63, 3.8) is 0 Å². The highest BCUT2D eigenvalue weighted by Gasteiger charge is 2.50. The van der Waals surface area contributed by atoms with Crippen molar-refractivity contribution in [3.8, 4) is 0 Å². The number of hydrogen-bond donors (Lipinski definition) is 0. The van der Waals surface area contributed by atoms with Crippen LogP contribution in [0.5, 0.6) is 0 Å². The summed E-state index contributed by atoms with van der Waals surface area (Å²) in [7, 11) is 0. The van der Waals surface area contributed by atoms with Crippen molar-refractivity contribution >= 4 is 11.9 Å². The van der Waals surface area contributed by atoms with Crippen molar-refractivity contribution in [1.82, 2.24) is 9.97 Å². The number of hydrogen-bond acceptors (Lipinski definition) is 5. The molecule has 0 N–H and O–H groups in total. The first kappa shape index (κ1) is 15.5. The normalized spacial score (nSPS) is 17.9. The van der Waals surface area contributed by atoms with Gasteiger partial charge in [0.2, 0.25) is 5.95 Å². The molecule has 0 atom stereocenters. The Balaban J connectivity index is 2.09. The number of aromatic nitrogens is 2. The number of nitrogens with zero attached hydrogens (tertiary/aromatic N) is 3. The van der Waals surface area contributed by atoms with Crippen molar-refractivity contribution in [1.29, 1.82) is 0 Å². The minimum Gasteiger partial charge on any atom is -0.465 e. The standard InChI is InChI=1S/C13H16F3N3O2/c1-2-21-11(20)13(10(15)16)3-5-19(6-4-13)12-17-7-9(14)8-18-12/h7-8,10H,2-6H2,1H3. The van der Waals surface area contributed by atoms with Gasteiger partial charge in [0.15, 0.2) is 5.82 Å². The molecule has 1 aromatic rings. The Bertz CT molecular complexity index is 488. The van der Waals surface area contributed by atoms with Crippen LogP contribution >= 0.6 is 0 Å². The van der Waals surface area contributed by atoms with Crippen LogP contribution in [-0.4, -0.2) is 42.1 Å². The highest BCUT2D eigenvalue weighted by Crippen LogP contribution is 2.39. The molecule has 116 valence electrons. The SMILES string of the molecule is CCOC(=O)C1(C(F)F)CCN(c2ncc(F)cn2)CC1. The molecule has 1 aliphatic heterocycles. The van der Waals surface area contributed by atoms with E-state index in [1.165, 1.54) is 0 Å². The van der Waals surface area contributed by atoms with Gasteiger partial charge in [-0.1, -0.05) is 0 Å². The van der Waals surface area contributed by atoms with Gasteiger partial charge >= 0.3 is 5.97 Å². The average Bonchev–Trinajstić information content (AvgIpc) is 2.48. The quantitative estimate of drug-likeness (QED) is 0.797. The molecule has 1 aliphatic rings. The Morgan fingerprint density at radius 1 is 1.38 bits per heavy atom. The van der Waals surface area contributed by atoms with Gasteiger partial charge in [-0.15, -0.1) is 0 Å². The Morgan fingerprint density at radius 2 is 1.95 bits per heavy atom. The summed E-state index contributed by atoms with van der Waals surface area (Å²) in [6.45, 7) is 2.03. The van der Waals surface area contributed by atoms with Gasteiger partial charge in [-0.3, -0.25) is 4.79 Å². The molecule has 5 nitrogen and oxygen atoms in total. The molecule has 0 spiro atoms. The molecule has 1 fully saturated rings. The monoisotopic (exact) mass is 303 g/mol. The fraction of sp³-hybridized carbons (Fsp3) is 0.615. The van der Waals surface area contributed by atoms with Crippen LogP contribution in [0.3, 0.4) is 0 Å². The zero-order valence-corrected chi connectivity index (χ0v) is 11.6. The van der Waals surface area contributed by atoms with Gasteiger partial charge in [-0.05, 0) is 19.8 Å². The van der Waals surface area contributed by atoms with Crippen LogP contribution in [0.15, 0.2) is 12.4 Å².